The number of piperazine rings is 1. The molecule has 3 aromatic carbocycles. The summed E-state index contributed by atoms with van der Waals surface area (Å²) >= 11 is 4.30. The van der Waals surface area contributed by atoms with Gasteiger partial charge in [0, 0.05) is 36.3 Å². The molecule has 0 aliphatic carbocycles. The van der Waals surface area contributed by atoms with Crippen molar-refractivity contribution < 1.29 is 31.1 Å². The maximum atomic E-state index is 13.5. The highest BCUT2D eigenvalue weighted by molar-refractivity contribution is 7.90. The van der Waals surface area contributed by atoms with E-state index < -0.39 is 33.7 Å². The first-order valence-corrected chi connectivity index (χ1v) is 13.4. The van der Waals surface area contributed by atoms with Crippen LogP contribution in [0.25, 0.3) is 0 Å². The Morgan fingerprint density at radius 3 is 2.19 bits per heavy atom. The molecule has 4 rings (SSSR count). The fourth-order valence-corrected chi connectivity index (χ4v) is 6.47. The van der Waals surface area contributed by atoms with Crippen LogP contribution in [0.15, 0.2) is 82.6 Å². The van der Waals surface area contributed by atoms with Gasteiger partial charge in [-0.2, -0.15) is 17.5 Å². The summed E-state index contributed by atoms with van der Waals surface area (Å²) in [5.41, 5.74) is -1.95. The quantitative estimate of drug-likeness (QED) is 0.333. The van der Waals surface area contributed by atoms with Gasteiger partial charge in [0.15, 0.2) is 5.60 Å². The van der Waals surface area contributed by atoms with Crippen molar-refractivity contribution in [3.05, 3.63) is 89.7 Å². The van der Waals surface area contributed by atoms with Gasteiger partial charge in [-0.05, 0) is 60.9 Å². The van der Waals surface area contributed by atoms with Gasteiger partial charge in [0.2, 0.25) is 10.0 Å². The number of alkyl halides is 3. The van der Waals surface area contributed by atoms with Gasteiger partial charge in [-0.15, -0.1) is 12.6 Å². The summed E-state index contributed by atoms with van der Waals surface area (Å²) in [6.07, 6.45) is -4.47. The Labute approximate surface area is 218 Å². The second-order valence-electron chi connectivity index (χ2n) is 9.13. The molecule has 0 spiro atoms. The van der Waals surface area contributed by atoms with Crippen LogP contribution in [0.3, 0.4) is 0 Å². The van der Waals surface area contributed by atoms with Crippen LogP contribution in [0.5, 0.6) is 0 Å². The summed E-state index contributed by atoms with van der Waals surface area (Å²) in [4.78, 5) is 2.34. The van der Waals surface area contributed by atoms with Gasteiger partial charge in [-0.3, -0.25) is 0 Å². The molecule has 1 aliphatic heterocycles. The molecular weight excluding hydrogens is 528 g/mol. The van der Waals surface area contributed by atoms with Crippen LogP contribution >= 0.6 is 12.6 Å². The fourth-order valence-electron chi connectivity index (χ4n) is 4.41. The zero-order valence-corrected chi connectivity index (χ0v) is 21.6. The van der Waals surface area contributed by atoms with Crippen LogP contribution in [0, 0.1) is 5.82 Å². The zero-order chi connectivity index (χ0) is 27.0. The van der Waals surface area contributed by atoms with E-state index in [2.05, 4.69) is 12.6 Å². The molecule has 198 valence electrons. The van der Waals surface area contributed by atoms with Crippen LogP contribution in [0.2, 0.25) is 0 Å². The number of hydrogen-bond acceptors (Lipinski definition) is 5. The zero-order valence-electron chi connectivity index (χ0n) is 19.9. The smallest absolute Gasteiger partial charge is 0.376 e. The molecule has 2 atom stereocenters. The molecule has 37 heavy (non-hydrogen) atoms. The van der Waals surface area contributed by atoms with Crippen LogP contribution in [0.1, 0.15) is 18.1 Å². The summed E-state index contributed by atoms with van der Waals surface area (Å²) in [6, 6.07) is 17.3. The van der Waals surface area contributed by atoms with Crippen molar-refractivity contribution in [1.29, 1.82) is 0 Å². The Kier molecular flexibility index (Phi) is 7.62. The van der Waals surface area contributed by atoms with Gasteiger partial charge < -0.3 is 10.0 Å². The lowest BCUT2D eigenvalue weighted by Crippen LogP contribution is -2.55. The molecule has 1 aliphatic rings. The van der Waals surface area contributed by atoms with Gasteiger partial charge >= 0.3 is 6.18 Å². The van der Waals surface area contributed by atoms with Gasteiger partial charge in [-0.1, -0.05) is 36.4 Å². The first kappa shape index (κ1) is 27.4. The average Bonchev–Trinajstić information content (AvgIpc) is 2.85. The molecule has 3 aromatic rings. The first-order valence-electron chi connectivity index (χ1n) is 11.5. The van der Waals surface area contributed by atoms with Crippen molar-refractivity contribution >= 4 is 28.3 Å². The molecule has 0 radical (unpaired) electrons. The molecular formula is C26H26F4N2O3S2. The molecule has 1 heterocycles. The second kappa shape index (κ2) is 10.3. The van der Waals surface area contributed by atoms with Crippen molar-refractivity contribution in [2.45, 2.75) is 41.0 Å². The standard InChI is InChI=1S/C26H26F4N2O3S2/c1-25(33,26(28,29)30)19-8-12-21(13-9-19)32-15-14-31(37(34,35)24-5-3-2-4-23(24)36)17-22(32)16-18-6-10-20(27)11-7-18/h2-13,22,33,36H,14-17H2,1H3/t22-,25+/m1/s1. The van der Waals surface area contributed by atoms with Crippen LogP contribution in [0.4, 0.5) is 23.2 Å². The summed E-state index contributed by atoms with van der Waals surface area (Å²) in [5.74, 6) is -0.397. The molecule has 0 bridgehead atoms. The third kappa shape index (κ3) is 5.64. The van der Waals surface area contributed by atoms with Crippen molar-refractivity contribution in [2.24, 2.45) is 0 Å². The van der Waals surface area contributed by atoms with Crippen molar-refractivity contribution in [3.8, 4) is 0 Å². The van der Waals surface area contributed by atoms with Gasteiger partial charge in [0.1, 0.15) is 5.82 Å². The topological polar surface area (TPSA) is 60.9 Å². The van der Waals surface area contributed by atoms with E-state index in [1.54, 1.807) is 30.3 Å². The Balaban J connectivity index is 1.65. The van der Waals surface area contributed by atoms with E-state index in [-0.39, 0.29) is 30.1 Å². The monoisotopic (exact) mass is 554 g/mol. The lowest BCUT2D eigenvalue weighted by molar-refractivity contribution is -0.258. The van der Waals surface area contributed by atoms with Gasteiger partial charge in [-0.25, -0.2) is 12.8 Å². The van der Waals surface area contributed by atoms with E-state index in [0.29, 0.717) is 23.9 Å². The van der Waals surface area contributed by atoms with E-state index in [0.717, 1.165) is 5.56 Å². The lowest BCUT2D eigenvalue weighted by atomic mass is 9.94. The molecule has 0 saturated carbocycles. The number of benzene rings is 3. The number of hydrogen-bond donors (Lipinski definition) is 2. The van der Waals surface area contributed by atoms with Gasteiger partial charge in [0.05, 0.1) is 4.90 Å². The summed E-state index contributed by atoms with van der Waals surface area (Å²) in [6.45, 7) is 1.22. The Morgan fingerprint density at radius 2 is 1.59 bits per heavy atom. The number of thiol groups is 1. The maximum absolute atomic E-state index is 13.5. The van der Waals surface area contributed by atoms with Crippen molar-refractivity contribution in [3.63, 3.8) is 0 Å². The highest BCUT2D eigenvalue weighted by atomic mass is 32.2. The Bertz CT molecular complexity index is 1350. The largest absolute Gasteiger partial charge is 0.421 e. The average molecular weight is 555 g/mol. The molecule has 1 saturated heterocycles. The van der Waals surface area contributed by atoms with Crippen molar-refractivity contribution in [2.75, 3.05) is 24.5 Å². The van der Waals surface area contributed by atoms with Crippen LogP contribution in [-0.2, 0) is 22.0 Å². The highest BCUT2D eigenvalue weighted by Crippen LogP contribution is 2.39. The fraction of sp³-hybridized carbons (Fsp3) is 0.308. The van der Waals surface area contributed by atoms with Gasteiger partial charge in [0.25, 0.3) is 0 Å². The van der Waals surface area contributed by atoms with Crippen LogP contribution < -0.4 is 4.90 Å². The molecule has 0 amide bonds. The predicted molar refractivity (Wildman–Crippen MR) is 136 cm³/mol. The van der Waals surface area contributed by atoms with E-state index in [1.807, 2.05) is 4.90 Å². The lowest BCUT2D eigenvalue weighted by Gasteiger charge is -2.42. The number of rotatable bonds is 6. The third-order valence-corrected chi connectivity index (χ3v) is 9.09. The summed E-state index contributed by atoms with van der Waals surface area (Å²) < 4.78 is 81.5. The van der Waals surface area contributed by atoms with Crippen molar-refractivity contribution in [1.82, 2.24) is 4.31 Å². The molecule has 0 unspecified atom stereocenters. The normalized spacial score (nSPS) is 19.0. The summed E-state index contributed by atoms with van der Waals surface area (Å²) in [7, 11) is -3.86. The minimum absolute atomic E-state index is 0.0889. The Hall–Kier alpha value is -2.60. The molecule has 11 heteroatoms. The summed E-state index contributed by atoms with van der Waals surface area (Å²) in [5, 5.41) is 10.00. The number of sulfonamides is 1. The number of anilines is 1. The van der Waals surface area contributed by atoms with E-state index in [1.165, 1.54) is 46.8 Å². The maximum Gasteiger partial charge on any atom is 0.421 e. The number of aliphatic hydroxyl groups is 1. The van der Waals surface area contributed by atoms with Crippen LogP contribution in [-0.4, -0.2) is 49.7 Å². The minimum atomic E-state index is -4.84. The number of halogens is 4. The Morgan fingerprint density at radius 1 is 0.973 bits per heavy atom. The third-order valence-electron chi connectivity index (χ3n) is 6.63. The highest BCUT2D eigenvalue weighted by Gasteiger charge is 2.51. The SMILES string of the molecule is C[C@](O)(c1ccc(N2CCN(S(=O)(=O)c3ccccc3S)C[C@H]2Cc2ccc(F)cc2)cc1)C(F)(F)F. The minimum Gasteiger partial charge on any atom is -0.376 e. The molecule has 5 nitrogen and oxygen atoms in total. The second-order valence-corrected chi connectivity index (χ2v) is 11.5. The molecule has 1 N–H and O–H groups in total. The first-order chi connectivity index (χ1) is 17.3. The van der Waals surface area contributed by atoms with E-state index >= 15 is 0 Å². The van der Waals surface area contributed by atoms with E-state index in [4.69, 9.17) is 0 Å². The van der Waals surface area contributed by atoms with E-state index in [9.17, 15) is 31.1 Å². The predicted octanol–water partition coefficient (Wildman–Crippen LogP) is 5.01. The molecule has 0 aromatic heterocycles. The molecule has 1 fully saturated rings. The number of nitrogens with zero attached hydrogens (tertiary/aromatic N) is 2.